The van der Waals surface area contributed by atoms with E-state index in [9.17, 15) is 4.79 Å². The fraction of sp³-hybridized carbons (Fsp3) is 0.320. The van der Waals surface area contributed by atoms with E-state index in [0.717, 1.165) is 19.5 Å². The number of halogens is 1. The van der Waals surface area contributed by atoms with Gasteiger partial charge in [-0.15, -0.1) is 0 Å². The third-order valence-corrected chi connectivity index (χ3v) is 5.81. The van der Waals surface area contributed by atoms with Crippen LogP contribution in [-0.2, 0) is 13.0 Å². The van der Waals surface area contributed by atoms with Crippen molar-refractivity contribution in [1.29, 1.82) is 0 Å². The van der Waals surface area contributed by atoms with E-state index in [1.165, 1.54) is 22.3 Å². The Labute approximate surface area is 200 Å². The summed E-state index contributed by atoms with van der Waals surface area (Å²) >= 11 is 5.99. The summed E-state index contributed by atoms with van der Waals surface area (Å²) in [5, 5.41) is 9.39. The Balaban J connectivity index is 1.68. The first-order valence-electron chi connectivity index (χ1n) is 11.0. The zero-order valence-corrected chi connectivity index (χ0v) is 20.0. The summed E-state index contributed by atoms with van der Waals surface area (Å²) in [6, 6.07) is 16.8. The summed E-state index contributed by atoms with van der Waals surface area (Å²) in [5.74, 6) is 0.204. The van der Waals surface area contributed by atoms with Crippen LogP contribution < -0.4 is 21.7 Å². The summed E-state index contributed by atoms with van der Waals surface area (Å²) in [6.07, 6.45) is 0.834. The highest BCUT2D eigenvalue weighted by atomic mass is 35.5. The normalized spacial score (nSPS) is 11.8. The first-order chi connectivity index (χ1) is 15.9. The molecule has 0 saturated heterocycles. The molecule has 1 amide bonds. The molecule has 0 aliphatic heterocycles. The molecule has 8 heteroatoms. The zero-order valence-electron chi connectivity index (χ0n) is 19.3. The molecule has 1 atom stereocenters. The average molecular weight is 467 g/mol. The number of carbonyl (C=O) groups is 1. The summed E-state index contributed by atoms with van der Waals surface area (Å²) in [7, 11) is 1.66. The Hall–Kier alpha value is -3.16. The van der Waals surface area contributed by atoms with Crippen LogP contribution in [0.2, 0.25) is 5.15 Å². The molecule has 33 heavy (non-hydrogen) atoms. The number of nitrogen functional groups attached to an aromatic ring is 1. The molecule has 1 heterocycles. The van der Waals surface area contributed by atoms with Crippen LogP contribution in [0.25, 0.3) is 0 Å². The van der Waals surface area contributed by atoms with Crippen LogP contribution in [0.15, 0.2) is 48.5 Å². The Bertz CT molecular complexity index is 1090. The molecule has 0 radical (unpaired) electrons. The van der Waals surface area contributed by atoms with E-state index in [4.69, 9.17) is 17.3 Å². The van der Waals surface area contributed by atoms with Crippen LogP contribution >= 0.6 is 11.6 Å². The van der Waals surface area contributed by atoms with E-state index < -0.39 is 0 Å². The van der Waals surface area contributed by atoms with Gasteiger partial charge in [0.1, 0.15) is 0 Å². The Morgan fingerprint density at radius 3 is 2.48 bits per heavy atom. The molecule has 0 bridgehead atoms. The van der Waals surface area contributed by atoms with Gasteiger partial charge in [0.25, 0.3) is 5.91 Å². The van der Waals surface area contributed by atoms with Crippen molar-refractivity contribution < 1.29 is 4.79 Å². The number of anilines is 2. The molecule has 0 unspecified atom stereocenters. The predicted molar refractivity (Wildman–Crippen MR) is 135 cm³/mol. The average Bonchev–Trinajstić information content (AvgIpc) is 2.81. The highest BCUT2D eigenvalue weighted by Gasteiger charge is 2.19. The molecule has 0 aliphatic rings. The smallest absolute Gasteiger partial charge is 0.273 e. The lowest BCUT2D eigenvalue weighted by Gasteiger charge is -2.20. The van der Waals surface area contributed by atoms with E-state index >= 15 is 0 Å². The van der Waals surface area contributed by atoms with Gasteiger partial charge in [-0.25, -0.2) is 9.97 Å². The van der Waals surface area contributed by atoms with E-state index in [2.05, 4.69) is 76.2 Å². The number of amides is 1. The van der Waals surface area contributed by atoms with Gasteiger partial charge < -0.3 is 21.7 Å². The number of rotatable bonds is 10. The molecule has 0 saturated carbocycles. The molecule has 0 spiro atoms. The number of nitrogens with zero attached hydrogens (tertiary/aromatic N) is 2. The number of benzene rings is 2. The standard InChI is InChI=1S/C25H31ClN6O/c1-16-8-10-18(11-9-16)13-29-14-19(12-20-7-5-4-6-17(20)2)15-30-25(33)21-24(28-3)32-23(27)22(26)31-21/h4-11,19,29H,12-15H2,1-3H3,(H,30,33)(H3,27,28,32)/t19-/m1/s1. The molecular formula is C25H31ClN6O. The fourth-order valence-corrected chi connectivity index (χ4v) is 3.70. The van der Waals surface area contributed by atoms with Gasteiger partial charge in [-0.2, -0.15) is 0 Å². The van der Waals surface area contributed by atoms with Crippen molar-refractivity contribution in [2.75, 3.05) is 31.2 Å². The molecule has 2 aromatic carbocycles. The quantitative estimate of drug-likeness (QED) is 0.362. The van der Waals surface area contributed by atoms with Gasteiger partial charge in [-0.3, -0.25) is 4.79 Å². The van der Waals surface area contributed by atoms with Crippen LogP contribution in [0.3, 0.4) is 0 Å². The lowest BCUT2D eigenvalue weighted by molar-refractivity contribution is 0.0942. The monoisotopic (exact) mass is 466 g/mol. The van der Waals surface area contributed by atoms with Crippen molar-refractivity contribution in [2.24, 2.45) is 5.92 Å². The Morgan fingerprint density at radius 2 is 1.79 bits per heavy atom. The van der Waals surface area contributed by atoms with E-state index in [1.807, 2.05) is 12.1 Å². The van der Waals surface area contributed by atoms with Gasteiger partial charge in [-0.1, -0.05) is 65.7 Å². The molecule has 0 aliphatic carbocycles. The van der Waals surface area contributed by atoms with E-state index in [0.29, 0.717) is 12.4 Å². The second-order valence-electron chi connectivity index (χ2n) is 8.17. The second kappa shape index (κ2) is 11.6. The number of aryl methyl sites for hydroxylation is 2. The van der Waals surface area contributed by atoms with Crippen molar-refractivity contribution in [1.82, 2.24) is 20.6 Å². The third kappa shape index (κ3) is 6.91. The van der Waals surface area contributed by atoms with Gasteiger partial charge >= 0.3 is 0 Å². The highest BCUT2D eigenvalue weighted by Crippen LogP contribution is 2.19. The van der Waals surface area contributed by atoms with E-state index in [1.54, 1.807) is 7.05 Å². The molecular weight excluding hydrogens is 436 g/mol. The van der Waals surface area contributed by atoms with Crippen molar-refractivity contribution in [3.05, 3.63) is 81.6 Å². The lowest BCUT2D eigenvalue weighted by atomic mass is 9.95. The lowest BCUT2D eigenvalue weighted by Crippen LogP contribution is -2.36. The maximum absolute atomic E-state index is 12.9. The molecule has 0 fully saturated rings. The topological polar surface area (TPSA) is 105 Å². The number of aromatic nitrogens is 2. The number of nitrogens with two attached hydrogens (primary N) is 1. The number of nitrogens with one attached hydrogen (secondary N) is 3. The third-order valence-electron chi connectivity index (χ3n) is 5.53. The van der Waals surface area contributed by atoms with Crippen molar-refractivity contribution >= 4 is 29.1 Å². The fourth-order valence-electron chi connectivity index (χ4n) is 3.57. The van der Waals surface area contributed by atoms with Crippen LogP contribution in [0.1, 0.15) is 32.7 Å². The summed E-state index contributed by atoms with van der Waals surface area (Å²) < 4.78 is 0. The number of carbonyl (C=O) groups excluding carboxylic acids is 1. The second-order valence-corrected chi connectivity index (χ2v) is 8.53. The zero-order chi connectivity index (χ0) is 23.8. The number of hydrogen-bond donors (Lipinski definition) is 4. The Morgan fingerprint density at radius 1 is 1.06 bits per heavy atom. The van der Waals surface area contributed by atoms with E-state index in [-0.39, 0.29) is 28.5 Å². The minimum Gasteiger partial charge on any atom is -0.381 e. The van der Waals surface area contributed by atoms with Gasteiger partial charge in [0, 0.05) is 26.7 Å². The minimum atomic E-state index is -0.345. The maximum atomic E-state index is 12.9. The van der Waals surface area contributed by atoms with Gasteiger partial charge in [0.15, 0.2) is 22.5 Å². The molecule has 5 N–H and O–H groups in total. The van der Waals surface area contributed by atoms with Crippen molar-refractivity contribution in [2.45, 2.75) is 26.8 Å². The summed E-state index contributed by atoms with van der Waals surface area (Å²) in [5.41, 5.74) is 10.8. The van der Waals surface area contributed by atoms with Crippen LogP contribution in [0, 0.1) is 19.8 Å². The summed E-state index contributed by atoms with van der Waals surface area (Å²) in [4.78, 5) is 21.1. The first-order valence-corrected chi connectivity index (χ1v) is 11.3. The first kappa shape index (κ1) is 24.5. The summed E-state index contributed by atoms with van der Waals surface area (Å²) in [6.45, 7) is 6.17. The van der Waals surface area contributed by atoms with Crippen LogP contribution in [0.5, 0.6) is 0 Å². The molecule has 1 aromatic heterocycles. The number of hydrogen-bond acceptors (Lipinski definition) is 6. The van der Waals surface area contributed by atoms with Crippen LogP contribution in [0.4, 0.5) is 11.6 Å². The molecule has 3 rings (SSSR count). The van der Waals surface area contributed by atoms with Crippen LogP contribution in [-0.4, -0.2) is 36.0 Å². The van der Waals surface area contributed by atoms with Gasteiger partial charge in [-0.05, 0) is 42.9 Å². The van der Waals surface area contributed by atoms with Crippen molar-refractivity contribution in [3.8, 4) is 0 Å². The van der Waals surface area contributed by atoms with Gasteiger partial charge in [0.2, 0.25) is 0 Å². The highest BCUT2D eigenvalue weighted by molar-refractivity contribution is 6.31. The largest absolute Gasteiger partial charge is 0.381 e. The Kier molecular flexibility index (Phi) is 8.63. The van der Waals surface area contributed by atoms with Crippen molar-refractivity contribution in [3.63, 3.8) is 0 Å². The molecule has 7 nitrogen and oxygen atoms in total. The predicted octanol–water partition coefficient (Wildman–Crippen LogP) is 3.75. The SMILES string of the molecule is CNc1nc(N)c(Cl)nc1C(=O)NC[C@@H](CNCc1ccc(C)cc1)Cc1ccccc1C. The molecule has 174 valence electrons. The minimum absolute atomic E-state index is 0.00961. The molecule has 3 aromatic rings. The van der Waals surface area contributed by atoms with Gasteiger partial charge in [0.05, 0.1) is 0 Å². The maximum Gasteiger partial charge on any atom is 0.273 e.